The van der Waals surface area contributed by atoms with E-state index in [0.717, 1.165) is 0 Å². The Morgan fingerprint density at radius 1 is 1.06 bits per heavy atom. The molecule has 0 fully saturated rings. The van der Waals surface area contributed by atoms with Gasteiger partial charge in [-0.05, 0) is 12.0 Å². The van der Waals surface area contributed by atoms with E-state index in [1.807, 2.05) is 0 Å². The topological polar surface area (TPSA) is 60.7 Å². The highest BCUT2D eigenvalue weighted by atomic mass is 19.3. The van der Waals surface area contributed by atoms with E-state index in [1.54, 1.807) is 0 Å². The van der Waals surface area contributed by atoms with E-state index >= 15 is 0 Å². The van der Waals surface area contributed by atoms with Crippen molar-refractivity contribution in [3.63, 3.8) is 0 Å². The van der Waals surface area contributed by atoms with E-state index in [-0.39, 0.29) is 24.2 Å². The Kier molecular flexibility index (Phi) is 4.79. The molecule has 1 aromatic rings. The van der Waals surface area contributed by atoms with Crippen LogP contribution in [0.5, 0.6) is 0 Å². The van der Waals surface area contributed by atoms with E-state index < -0.39 is 18.6 Å². The molecule has 3 nitrogen and oxygen atoms in total. The largest absolute Gasteiger partial charge is 0.396 e. The van der Waals surface area contributed by atoms with Crippen molar-refractivity contribution in [2.24, 2.45) is 0 Å². The summed E-state index contributed by atoms with van der Waals surface area (Å²) in [6, 6.07) is 5.49. The van der Waals surface area contributed by atoms with Crippen molar-refractivity contribution in [3.8, 4) is 0 Å². The number of hydrogen-bond acceptors (Lipinski definition) is 3. The average molecular weight is 232 g/mol. The van der Waals surface area contributed by atoms with Gasteiger partial charge in [-0.2, -0.15) is 0 Å². The molecule has 0 amide bonds. The lowest BCUT2D eigenvalue weighted by Crippen LogP contribution is -2.20. The van der Waals surface area contributed by atoms with Gasteiger partial charge < -0.3 is 15.3 Å². The summed E-state index contributed by atoms with van der Waals surface area (Å²) in [6.07, 6.45) is -5.41. The smallest absolute Gasteiger partial charge is 0.264 e. The van der Waals surface area contributed by atoms with Crippen molar-refractivity contribution < 1.29 is 24.1 Å². The van der Waals surface area contributed by atoms with Gasteiger partial charge in [-0.25, -0.2) is 8.78 Å². The van der Waals surface area contributed by atoms with Crippen molar-refractivity contribution in [3.05, 3.63) is 35.4 Å². The summed E-state index contributed by atoms with van der Waals surface area (Å²) in [4.78, 5) is 0. The zero-order chi connectivity index (χ0) is 12.1. The first-order valence-electron chi connectivity index (χ1n) is 4.92. The van der Waals surface area contributed by atoms with Gasteiger partial charge in [0.25, 0.3) is 6.43 Å². The SMILES string of the molecule is OCCC(O)C(O)c1ccccc1C(F)F. The van der Waals surface area contributed by atoms with Crippen LogP contribution < -0.4 is 0 Å². The Balaban J connectivity index is 2.93. The molecule has 1 rings (SSSR count). The zero-order valence-electron chi connectivity index (χ0n) is 8.55. The molecule has 0 bridgehead atoms. The monoisotopic (exact) mass is 232 g/mol. The minimum absolute atomic E-state index is 0.00144. The van der Waals surface area contributed by atoms with Crippen LogP contribution in [0.25, 0.3) is 0 Å². The molecular weight excluding hydrogens is 218 g/mol. The summed E-state index contributed by atoms with van der Waals surface area (Å²) in [5, 5.41) is 27.7. The first-order valence-corrected chi connectivity index (χ1v) is 4.92. The molecular formula is C11H14F2O3. The van der Waals surface area contributed by atoms with Crippen LogP contribution in [0, 0.1) is 0 Å². The van der Waals surface area contributed by atoms with Gasteiger partial charge >= 0.3 is 0 Å². The molecule has 16 heavy (non-hydrogen) atoms. The van der Waals surface area contributed by atoms with Crippen LogP contribution in [0.2, 0.25) is 0 Å². The third-order valence-electron chi connectivity index (χ3n) is 2.34. The molecule has 0 spiro atoms. The number of aliphatic hydroxyl groups is 3. The van der Waals surface area contributed by atoms with E-state index in [9.17, 15) is 19.0 Å². The first kappa shape index (κ1) is 13.0. The number of hydrogen-bond donors (Lipinski definition) is 3. The van der Waals surface area contributed by atoms with Crippen LogP contribution in [-0.4, -0.2) is 28.0 Å². The molecule has 5 heteroatoms. The lowest BCUT2D eigenvalue weighted by Gasteiger charge is -2.19. The quantitative estimate of drug-likeness (QED) is 0.719. The third kappa shape index (κ3) is 2.98. The predicted molar refractivity (Wildman–Crippen MR) is 54.1 cm³/mol. The number of halogens is 2. The summed E-state index contributed by atoms with van der Waals surface area (Å²) >= 11 is 0. The van der Waals surface area contributed by atoms with Gasteiger partial charge in [0.2, 0.25) is 0 Å². The number of benzene rings is 1. The second kappa shape index (κ2) is 5.89. The van der Waals surface area contributed by atoms with Gasteiger partial charge in [0.1, 0.15) is 6.10 Å². The molecule has 0 aromatic heterocycles. The summed E-state index contributed by atoms with van der Waals surface area (Å²) < 4.78 is 25.2. The van der Waals surface area contributed by atoms with E-state index in [4.69, 9.17) is 5.11 Å². The number of rotatable bonds is 5. The molecule has 0 aliphatic rings. The average Bonchev–Trinajstić information content (AvgIpc) is 2.28. The molecule has 0 aliphatic carbocycles. The highest BCUT2D eigenvalue weighted by Gasteiger charge is 2.23. The van der Waals surface area contributed by atoms with Gasteiger partial charge in [0, 0.05) is 12.2 Å². The van der Waals surface area contributed by atoms with Crippen molar-refractivity contribution in [2.75, 3.05) is 6.61 Å². The fourth-order valence-corrected chi connectivity index (χ4v) is 1.48. The molecule has 90 valence electrons. The highest BCUT2D eigenvalue weighted by molar-refractivity contribution is 5.30. The Labute approximate surface area is 92.0 Å². The lowest BCUT2D eigenvalue weighted by atomic mass is 9.97. The summed E-state index contributed by atoms with van der Waals surface area (Å²) in [7, 11) is 0. The standard InChI is InChI=1S/C11H14F2O3/c12-11(13)8-4-2-1-3-7(8)10(16)9(15)5-6-14/h1-4,9-11,14-16H,5-6H2. The maximum absolute atomic E-state index is 12.6. The van der Waals surface area contributed by atoms with Crippen LogP contribution >= 0.6 is 0 Å². The van der Waals surface area contributed by atoms with E-state index in [1.165, 1.54) is 24.3 Å². The number of alkyl halides is 2. The maximum atomic E-state index is 12.6. The van der Waals surface area contributed by atoms with Crippen molar-refractivity contribution in [1.82, 2.24) is 0 Å². The first-order chi connectivity index (χ1) is 7.57. The van der Waals surface area contributed by atoms with Gasteiger partial charge in [-0.3, -0.25) is 0 Å². The number of aliphatic hydroxyl groups excluding tert-OH is 3. The molecule has 0 saturated carbocycles. The summed E-state index contributed by atoms with van der Waals surface area (Å²) in [5.41, 5.74) is -0.301. The maximum Gasteiger partial charge on any atom is 0.264 e. The third-order valence-corrected chi connectivity index (χ3v) is 2.34. The molecule has 0 aliphatic heterocycles. The van der Waals surface area contributed by atoms with Crippen molar-refractivity contribution in [1.29, 1.82) is 0 Å². The second-order valence-electron chi connectivity index (χ2n) is 3.45. The molecule has 3 N–H and O–H groups in total. The molecule has 0 heterocycles. The van der Waals surface area contributed by atoms with Gasteiger partial charge in [0.05, 0.1) is 6.10 Å². The predicted octanol–water partition coefficient (Wildman–Crippen LogP) is 1.40. The Morgan fingerprint density at radius 3 is 2.12 bits per heavy atom. The fraction of sp³-hybridized carbons (Fsp3) is 0.455. The van der Waals surface area contributed by atoms with Gasteiger partial charge in [-0.1, -0.05) is 24.3 Å². The summed E-state index contributed by atoms with van der Waals surface area (Å²) in [5.74, 6) is 0. The minimum Gasteiger partial charge on any atom is -0.396 e. The van der Waals surface area contributed by atoms with Crippen LogP contribution in [-0.2, 0) is 0 Å². The normalized spacial score (nSPS) is 15.1. The molecule has 0 radical (unpaired) electrons. The Hall–Kier alpha value is -1.04. The Morgan fingerprint density at radius 2 is 1.62 bits per heavy atom. The molecule has 1 aromatic carbocycles. The minimum atomic E-state index is -2.70. The van der Waals surface area contributed by atoms with Crippen LogP contribution in [0.4, 0.5) is 8.78 Å². The van der Waals surface area contributed by atoms with Gasteiger partial charge in [0.15, 0.2) is 0 Å². The zero-order valence-corrected chi connectivity index (χ0v) is 8.55. The second-order valence-corrected chi connectivity index (χ2v) is 3.45. The van der Waals surface area contributed by atoms with E-state index in [2.05, 4.69) is 0 Å². The Bertz CT molecular complexity index is 331. The summed E-state index contributed by atoms with van der Waals surface area (Å²) in [6.45, 7) is -0.310. The van der Waals surface area contributed by atoms with Crippen molar-refractivity contribution >= 4 is 0 Å². The fourth-order valence-electron chi connectivity index (χ4n) is 1.48. The molecule has 0 saturated heterocycles. The molecule has 2 atom stereocenters. The van der Waals surface area contributed by atoms with Crippen LogP contribution in [0.3, 0.4) is 0 Å². The van der Waals surface area contributed by atoms with Gasteiger partial charge in [-0.15, -0.1) is 0 Å². The highest BCUT2D eigenvalue weighted by Crippen LogP contribution is 2.29. The lowest BCUT2D eigenvalue weighted by molar-refractivity contribution is 0.00200. The van der Waals surface area contributed by atoms with Crippen LogP contribution in [0.1, 0.15) is 30.1 Å². The van der Waals surface area contributed by atoms with Crippen LogP contribution in [0.15, 0.2) is 24.3 Å². The van der Waals surface area contributed by atoms with Crippen molar-refractivity contribution in [2.45, 2.75) is 25.1 Å². The molecule has 2 unspecified atom stereocenters. The van der Waals surface area contributed by atoms with E-state index in [0.29, 0.717) is 0 Å².